The van der Waals surface area contributed by atoms with Gasteiger partial charge in [-0.25, -0.2) is 19.3 Å². The summed E-state index contributed by atoms with van der Waals surface area (Å²) in [6, 6.07) is 15.9. The second-order valence-electron chi connectivity index (χ2n) is 6.74. The van der Waals surface area contributed by atoms with Crippen LogP contribution in [0.5, 0.6) is 5.75 Å². The predicted octanol–water partition coefficient (Wildman–Crippen LogP) is 4.97. The maximum absolute atomic E-state index is 13.3. The molecule has 2 heterocycles. The molecule has 0 unspecified atom stereocenters. The lowest BCUT2D eigenvalue weighted by molar-refractivity contribution is 0.305. The standard InChI is InChI=1S/C22H20FN5O.ClH/c1-28(2)21-11-19-20(12-24-21)25-14-26-22(19)27-17-6-8-18(9-7-17)29-13-15-4-3-5-16(23)10-15;/h3-12,14H,13H2,1-2H3,(H,25,26,27);1H. The molecular formula is C22H21ClFN5O. The van der Waals surface area contributed by atoms with Gasteiger partial charge in [0, 0.05) is 25.2 Å². The first-order chi connectivity index (χ1) is 14.1. The summed E-state index contributed by atoms with van der Waals surface area (Å²) in [5, 5.41) is 4.21. The Balaban J connectivity index is 0.00000256. The summed E-state index contributed by atoms with van der Waals surface area (Å²) >= 11 is 0. The van der Waals surface area contributed by atoms with Crippen LogP contribution in [0.4, 0.5) is 21.7 Å². The molecule has 1 N–H and O–H groups in total. The summed E-state index contributed by atoms with van der Waals surface area (Å²) in [5.74, 6) is 1.96. The number of nitrogens with zero attached hydrogens (tertiary/aromatic N) is 4. The molecular weight excluding hydrogens is 405 g/mol. The highest BCUT2D eigenvalue weighted by Crippen LogP contribution is 2.26. The minimum Gasteiger partial charge on any atom is -0.489 e. The van der Waals surface area contributed by atoms with Crippen molar-refractivity contribution >= 4 is 40.6 Å². The van der Waals surface area contributed by atoms with Gasteiger partial charge in [0.05, 0.1) is 11.7 Å². The first kappa shape index (κ1) is 21.3. The van der Waals surface area contributed by atoms with E-state index in [4.69, 9.17) is 4.74 Å². The molecule has 0 amide bonds. The fourth-order valence-electron chi connectivity index (χ4n) is 2.86. The Morgan fingerprint density at radius 2 is 1.80 bits per heavy atom. The van der Waals surface area contributed by atoms with Crippen LogP contribution >= 0.6 is 12.4 Å². The van der Waals surface area contributed by atoms with Crippen LogP contribution in [-0.4, -0.2) is 29.0 Å². The molecule has 154 valence electrons. The number of benzene rings is 2. The van der Waals surface area contributed by atoms with E-state index in [2.05, 4.69) is 20.3 Å². The summed E-state index contributed by atoms with van der Waals surface area (Å²) in [5.41, 5.74) is 2.42. The second-order valence-corrected chi connectivity index (χ2v) is 6.74. The smallest absolute Gasteiger partial charge is 0.141 e. The Labute approximate surface area is 180 Å². The van der Waals surface area contributed by atoms with E-state index in [0.717, 1.165) is 28.0 Å². The molecule has 0 bridgehead atoms. The fourth-order valence-corrected chi connectivity index (χ4v) is 2.86. The van der Waals surface area contributed by atoms with Gasteiger partial charge in [-0.2, -0.15) is 0 Å². The van der Waals surface area contributed by atoms with Crippen molar-refractivity contribution < 1.29 is 9.13 Å². The average molecular weight is 426 g/mol. The van der Waals surface area contributed by atoms with Crippen LogP contribution in [0.25, 0.3) is 10.9 Å². The van der Waals surface area contributed by atoms with Crippen LogP contribution in [0.2, 0.25) is 0 Å². The molecule has 4 rings (SSSR count). The molecule has 2 aromatic carbocycles. The van der Waals surface area contributed by atoms with Crippen molar-refractivity contribution in [2.45, 2.75) is 6.61 Å². The van der Waals surface area contributed by atoms with Gasteiger partial charge in [0.15, 0.2) is 0 Å². The minimum atomic E-state index is -0.268. The van der Waals surface area contributed by atoms with Gasteiger partial charge in [-0.1, -0.05) is 12.1 Å². The maximum Gasteiger partial charge on any atom is 0.141 e. The van der Waals surface area contributed by atoms with E-state index < -0.39 is 0 Å². The lowest BCUT2D eigenvalue weighted by Gasteiger charge is -2.13. The molecule has 6 nitrogen and oxygen atoms in total. The van der Waals surface area contributed by atoms with Crippen molar-refractivity contribution in [2.24, 2.45) is 0 Å². The summed E-state index contributed by atoms with van der Waals surface area (Å²) in [7, 11) is 3.88. The topological polar surface area (TPSA) is 63.2 Å². The third-order valence-electron chi connectivity index (χ3n) is 4.38. The van der Waals surface area contributed by atoms with Crippen molar-refractivity contribution in [3.63, 3.8) is 0 Å². The van der Waals surface area contributed by atoms with Gasteiger partial charge in [0.2, 0.25) is 0 Å². The molecule has 0 saturated heterocycles. The maximum atomic E-state index is 13.3. The molecule has 2 aromatic heterocycles. The number of ether oxygens (including phenoxy) is 1. The lowest BCUT2D eigenvalue weighted by atomic mass is 10.2. The average Bonchev–Trinajstić information content (AvgIpc) is 2.73. The number of halogens is 2. The molecule has 0 saturated carbocycles. The number of fused-ring (bicyclic) bond motifs is 1. The van der Waals surface area contributed by atoms with E-state index >= 15 is 0 Å². The second kappa shape index (κ2) is 9.37. The highest BCUT2D eigenvalue weighted by atomic mass is 35.5. The number of rotatable bonds is 6. The molecule has 30 heavy (non-hydrogen) atoms. The third kappa shape index (κ3) is 4.93. The lowest BCUT2D eigenvalue weighted by Crippen LogP contribution is -2.10. The van der Waals surface area contributed by atoms with E-state index in [1.807, 2.05) is 55.4 Å². The SMILES string of the molecule is CN(C)c1cc2c(Nc3ccc(OCc4cccc(F)c4)cc3)ncnc2cn1.Cl. The number of hydrogen-bond acceptors (Lipinski definition) is 6. The number of hydrogen-bond donors (Lipinski definition) is 1. The molecule has 0 aliphatic heterocycles. The fraction of sp³-hybridized carbons (Fsp3) is 0.136. The van der Waals surface area contributed by atoms with Crippen LogP contribution in [0.1, 0.15) is 5.56 Å². The summed E-state index contributed by atoms with van der Waals surface area (Å²) < 4.78 is 19.0. The van der Waals surface area contributed by atoms with E-state index in [1.54, 1.807) is 12.3 Å². The zero-order valence-corrected chi connectivity index (χ0v) is 17.4. The van der Waals surface area contributed by atoms with Gasteiger partial charge in [0.1, 0.15) is 36.1 Å². The molecule has 8 heteroatoms. The molecule has 4 aromatic rings. The molecule has 0 radical (unpaired) electrons. The Morgan fingerprint density at radius 1 is 1.00 bits per heavy atom. The van der Waals surface area contributed by atoms with Crippen molar-refractivity contribution in [3.8, 4) is 5.75 Å². The van der Waals surface area contributed by atoms with E-state index in [-0.39, 0.29) is 18.2 Å². The van der Waals surface area contributed by atoms with Crippen LogP contribution in [-0.2, 0) is 6.61 Å². The Hall–Kier alpha value is -3.45. The normalized spacial score (nSPS) is 10.4. The van der Waals surface area contributed by atoms with Gasteiger partial charge >= 0.3 is 0 Å². The van der Waals surface area contributed by atoms with E-state index in [9.17, 15) is 4.39 Å². The Morgan fingerprint density at radius 3 is 2.53 bits per heavy atom. The summed E-state index contributed by atoms with van der Waals surface area (Å²) in [6.45, 7) is 0.307. The van der Waals surface area contributed by atoms with Gasteiger partial charge in [-0.05, 0) is 48.0 Å². The van der Waals surface area contributed by atoms with Crippen molar-refractivity contribution in [2.75, 3.05) is 24.3 Å². The van der Waals surface area contributed by atoms with Gasteiger partial charge in [-0.3, -0.25) is 0 Å². The van der Waals surface area contributed by atoms with Crippen molar-refractivity contribution in [1.82, 2.24) is 15.0 Å². The van der Waals surface area contributed by atoms with Crippen molar-refractivity contribution in [3.05, 3.63) is 78.5 Å². The van der Waals surface area contributed by atoms with E-state index in [0.29, 0.717) is 18.2 Å². The first-order valence-electron chi connectivity index (χ1n) is 9.11. The first-order valence-corrected chi connectivity index (χ1v) is 9.11. The third-order valence-corrected chi connectivity index (χ3v) is 4.38. The number of nitrogens with one attached hydrogen (secondary N) is 1. The van der Waals surface area contributed by atoms with Gasteiger partial charge < -0.3 is 15.0 Å². The monoisotopic (exact) mass is 425 g/mol. The molecule has 0 atom stereocenters. The highest BCUT2D eigenvalue weighted by molar-refractivity contribution is 5.91. The summed E-state index contributed by atoms with van der Waals surface area (Å²) in [4.78, 5) is 15.0. The predicted molar refractivity (Wildman–Crippen MR) is 119 cm³/mol. The van der Waals surface area contributed by atoms with Crippen LogP contribution in [0.3, 0.4) is 0 Å². The number of aromatic nitrogens is 3. The molecule has 0 fully saturated rings. The van der Waals surface area contributed by atoms with Crippen LogP contribution < -0.4 is 15.0 Å². The zero-order valence-electron chi connectivity index (χ0n) is 16.5. The molecule has 0 aliphatic carbocycles. The van der Waals surface area contributed by atoms with Crippen LogP contribution in [0.15, 0.2) is 67.1 Å². The zero-order chi connectivity index (χ0) is 20.2. The Bertz CT molecular complexity index is 1140. The Kier molecular flexibility index (Phi) is 6.64. The van der Waals surface area contributed by atoms with E-state index in [1.165, 1.54) is 18.5 Å². The van der Waals surface area contributed by atoms with Crippen LogP contribution in [0, 0.1) is 5.82 Å². The number of anilines is 3. The molecule has 0 aliphatic rings. The van der Waals surface area contributed by atoms with Crippen molar-refractivity contribution in [1.29, 1.82) is 0 Å². The quantitative estimate of drug-likeness (QED) is 0.470. The largest absolute Gasteiger partial charge is 0.489 e. The van der Waals surface area contributed by atoms with Gasteiger partial charge in [-0.15, -0.1) is 12.4 Å². The number of pyridine rings is 1. The summed E-state index contributed by atoms with van der Waals surface area (Å²) in [6.07, 6.45) is 3.25. The van der Waals surface area contributed by atoms with Gasteiger partial charge in [0.25, 0.3) is 0 Å². The molecule has 0 spiro atoms. The minimum absolute atomic E-state index is 0. The highest BCUT2D eigenvalue weighted by Gasteiger charge is 2.08.